The summed E-state index contributed by atoms with van der Waals surface area (Å²) in [6.07, 6.45) is 6.27. The van der Waals surface area contributed by atoms with E-state index in [0.29, 0.717) is 58.1 Å². The molecule has 2 unspecified atom stereocenters. The second-order valence-electron chi connectivity index (χ2n) is 24.0. The molecule has 2 spiro atoms. The second kappa shape index (κ2) is 23.2. The molecule has 0 radical (unpaired) electrons. The molecular formula is C65H60Br2Cl2N10O9. The van der Waals surface area contributed by atoms with Gasteiger partial charge in [0.1, 0.15) is 64.6 Å². The fourth-order valence-corrected chi connectivity index (χ4v) is 15.1. The van der Waals surface area contributed by atoms with E-state index in [1.807, 2.05) is 128 Å². The van der Waals surface area contributed by atoms with Gasteiger partial charge in [0, 0.05) is 34.0 Å². The maximum absolute atomic E-state index is 13.9. The Morgan fingerprint density at radius 3 is 1.94 bits per heavy atom. The highest BCUT2D eigenvalue weighted by molar-refractivity contribution is 9.11. The fraction of sp³-hybridized carbons (Fsp3) is 0.338. The molecule has 10 atom stereocenters. The van der Waals surface area contributed by atoms with Gasteiger partial charge in [-0.2, -0.15) is 0 Å². The van der Waals surface area contributed by atoms with Crippen molar-refractivity contribution in [2.75, 3.05) is 31.0 Å². The summed E-state index contributed by atoms with van der Waals surface area (Å²) in [6.45, 7) is 5.18. The minimum absolute atomic E-state index is 0.0332. The van der Waals surface area contributed by atoms with Crippen LogP contribution in [0.2, 0.25) is 10.3 Å². The third kappa shape index (κ3) is 10.7. The zero-order chi connectivity index (χ0) is 60.8. The van der Waals surface area contributed by atoms with Gasteiger partial charge in [-0.3, -0.25) is 4.90 Å². The molecule has 88 heavy (non-hydrogen) atoms. The minimum atomic E-state index is -0.952. The van der Waals surface area contributed by atoms with Crippen LogP contribution in [-0.4, -0.2) is 106 Å². The van der Waals surface area contributed by atoms with Crippen molar-refractivity contribution in [3.63, 3.8) is 0 Å². The first-order valence-electron chi connectivity index (χ1n) is 28.9. The van der Waals surface area contributed by atoms with E-state index in [-0.39, 0.29) is 55.1 Å². The normalized spacial score (nSPS) is 26.1. The molecule has 19 nitrogen and oxygen atoms in total. The van der Waals surface area contributed by atoms with Gasteiger partial charge in [0.2, 0.25) is 0 Å². The van der Waals surface area contributed by atoms with Crippen LogP contribution in [0.25, 0.3) is 43.9 Å². The van der Waals surface area contributed by atoms with Gasteiger partial charge >= 0.3 is 6.09 Å². The number of methoxy groups -OCH3 is 1. The summed E-state index contributed by atoms with van der Waals surface area (Å²) in [6, 6.07) is 36.8. The molecule has 452 valence electrons. The van der Waals surface area contributed by atoms with Crippen LogP contribution in [0.3, 0.4) is 0 Å². The van der Waals surface area contributed by atoms with E-state index in [1.165, 1.54) is 12.7 Å². The van der Waals surface area contributed by atoms with Gasteiger partial charge in [-0.15, -0.1) is 0 Å². The Balaban J connectivity index is 0.000000175. The van der Waals surface area contributed by atoms with Crippen molar-refractivity contribution in [2.24, 2.45) is 10.8 Å². The Hall–Kier alpha value is -6.89. The number of ether oxygens (including phenoxy) is 6. The minimum Gasteiger partial charge on any atom is -0.497 e. The summed E-state index contributed by atoms with van der Waals surface area (Å²) in [5, 5.41) is 26.3. The van der Waals surface area contributed by atoms with Crippen LogP contribution in [0.15, 0.2) is 149 Å². The van der Waals surface area contributed by atoms with Crippen molar-refractivity contribution in [2.45, 2.75) is 107 Å². The lowest BCUT2D eigenvalue weighted by atomic mass is 9.80. The summed E-state index contributed by atoms with van der Waals surface area (Å²) in [5.74, 6) is 0.868. The molecule has 5 aliphatic rings. The maximum atomic E-state index is 13.9. The number of amides is 1. The summed E-state index contributed by atoms with van der Waals surface area (Å²) >= 11 is 19.8. The van der Waals surface area contributed by atoms with Gasteiger partial charge in [-0.05, 0) is 142 Å². The van der Waals surface area contributed by atoms with Gasteiger partial charge in [0.05, 0.1) is 94.1 Å². The SMILES string of the molecule is COc1ccc(CN(C(=O)OCc2ccccc2)c2nc3cc(C4C[C@@]5(CO4)C[C@@H](n4ccc6c(Cl)ncnc64)[C@@H]4OC(C)(C)O[C@@H]45)ccc3cc2Br)cc1.Nc1nc2cc(C3C[C@@]4(CO3)C[C@@H](n3ccc5c(Cl)ncnc53)[C@H](O)[C@@H]4O)ccc2cc1Br. The Bertz CT molecular complexity index is 4320. The van der Waals surface area contributed by atoms with E-state index in [2.05, 4.69) is 79.5 Å². The number of aliphatic hydroxyl groups is 2. The van der Waals surface area contributed by atoms with E-state index in [4.69, 9.17) is 62.3 Å². The molecular weight excluding hydrogens is 1300 g/mol. The van der Waals surface area contributed by atoms with Crippen LogP contribution in [0.4, 0.5) is 16.4 Å². The van der Waals surface area contributed by atoms with Crippen molar-refractivity contribution in [3.8, 4) is 5.75 Å². The lowest BCUT2D eigenvalue weighted by molar-refractivity contribution is -0.169. The van der Waals surface area contributed by atoms with Gasteiger partial charge < -0.3 is 53.5 Å². The highest BCUT2D eigenvalue weighted by Crippen LogP contribution is 2.61. The molecule has 10 aromatic rings. The monoisotopic (exact) mass is 1350 g/mol. The number of fused-ring (bicyclic) bond motifs is 6. The van der Waals surface area contributed by atoms with Crippen molar-refractivity contribution in [1.29, 1.82) is 0 Å². The van der Waals surface area contributed by atoms with Crippen LogP contribution < -0.4 is 15.4 Å². The summed E-state index contributed by atoms with van der Waals surface area (Å²) in [5.41, 5.74) is 11.8. The predicted octanol–water partition coefficient (Wildman–Crippen LogP) is 13.2. The van der Waals surface area contributed by atoms with Crippen molar-refractivity contribution < 1.29 is 43.4 Å². The maximum Gasteiger partial charge on any atom is 0.416 e. The number of benzene rings is 4. The Morgan fingerprint density at radius 1 is 0.705 bits per heavy atom. The Kier molecular flexibility index (Phi) is 15.5. The second-order valence-corrected chi connectivity index (χ2v) is 26.4. The molecule has 15 rings (SSSR count). The number of nitrogens with two attached hydrogens (primary N) is 1. The molecule has 5 fully saturated rings. The number of rotatable bonds is 10. The molecule has 9 heterocycles. The first-order chi connectivity index (χ1) is 42.5. The summed E-state index contributed by atoms with van der Waals surface area (Å²) in [4.78, 5) is 42.1. The number of nitrogens with zero attached hydrogens (tertiary/aromatic N) is 9. The third-order valence-electron chi connectivity index (χ3n) is 18.2. The summed E-state index contributed by atoms with van der Waals surface area (Å²) in [7, 11) is 1.62. The van der Waals surface area contributed by atoms with Crippen molar-refractivity contribution >= 4 is 117 Å². The summed E-state index contributed by atoms with van der Waals surface area (Å²) < 4.78 is 42.8. The quantitative estimate of drug-likeness (QED) is 0.108. The number of carbonyl (C=O) groups is 1. The van der Waals surface area contributed by atoms with E-state index in [9.17, 15) is 15.0 Å². The zero-order valence-electron chi connectivity index (χ0n) is 47.9. The molecule has 3 saturated heterocycles. The number of aromatic nitrogens is 8. The van der Waals surface area contributed by atoms with E-state index in [0.717, 1.165) is 83.5 Å². The lowest BCUT2D eigenvalue weighted by Crippen LogP contribution is -2.37. The Labute approximate surface area is 532 Å². The highest BCUT2D eigenvalue weighted by atomic mass is 79.9. The number of nitrogen functional groups attached to an aromatic ring is 1. The fourth-order valence-electron chi connectivity index (χ4n) is 13.8. The van der Waals surface area contributed by atoms with E-state index < -0.39 is 29.5 Å². The molecule has 6 aromatic heterocycles. The topological polar surface area (TPSA) is 229 Å². The number of anilines is 2. The molecule has 4 aromatic carbocycles. The van der Waals surface area contributed by atoms with E-state index in [1.54, 1.807) is 12.0 Å². The molecule has 3 aliphatic heterocycles. The van der Waals surface area contributed by atoms with Gasteiger partial charge in [0.15, 0.2) is 11.6 Å². The zero-order valence-corrected chi connectivity index (χ0v) is 52.6. The first kappa shape index (κ1) is 58.8. The third-order valence-corrected chi connectivity index (χ3v) is 20.0. The average molecular weight is 1360 g/mol. The molecule has 2 aliphatic carbocycles. The molecule has 4 N–H and O–H groups in total. The first-order valence-corrected chi connectivity index (χ1v) is 31.3. The van der Waals surface area contributed by atoms with E-state index >= 15 is 0 Å². The lowest BCUT2D eigenvalue weighted by Gasteiger charge is -2.30. The van der Waals surface area contributed by atoms with Crippen LogP contribution in [0, 0.1) is 10.8 Å². The van der Waals surface area contributed by atoms with Gasteiger partial charge in [-0.25, -0.2) is 34.7 Å². The standard InChI is InChI=1S/C42H39BrClN5O6.C23H21BrClN5O3/c1-41(2)54-35-33(48-16-15-30-37(44)45-24-46-38(30)48)19-42(36(35)55-41)20-34(53-23-42)28-12-11-27-17-31(43)39(47-32(27)18-28)49(21-25-9-13-29(51-3)14-10-25)40(50)52-22-26-7-5-4-6-8-26;24-14-5-11-1-2-12(6-15(11)29-21(14)26)17-8-23(9-33-17)7-16(18(31)19(23)32)30-4-3-13-20(25)27-10-28-22(13)30/h4-18,24,33-36H,19-23H2,1-3H3;1-6,10,16-19,31-32H,7-9H2,(H2,26,29)/t33-,34?,35+,36+,42-;16-,17?,18+,19+,23-/m11/s1. The van der Waals surface area contributed by atoms with Gasteiger partial charge in [0.25, 0.3) is 0 Å². The Morgan fingerprint density at radius 2 is 1.30 bits per heavy atom. The van der Waals surface area contributed by atoms with Crippen molar-refractivity contribution in [3.05, 3.63) is 182 Å². The number of halogens is 4. The van der Waals surface area contributed by atoms with Crippen molar-refractivity contribution in [1.82, 2.24) is 39.0 Å². The van der Waals surface area contributed by atoms with Crippen LogP contribution in [0.1, 0.15) is 86.1 Å². The van der Waals surface area contributed by atoms with Crippen LogP contribution in [-0.2, 0) is 36.8 Å². The number of aliphatic hydroxyl groups excluding tert-OH is 2. The molecule has 23 heteroatoms. The molecule has 1 amide bonds. The predicted molar refractivity (Wildman–Crippen MR) is 339 cm³/mol. The van der Waals surface area contributed by atoms with Gasteiger partial charge in [-0.1, -0.05) is 89.9 Å². The number of hydrogen-bond donors (Lipinski definition) is 3. The smallest absolute Gasteiger partial charge is 0.416 e. The number of pyridine rings is 2. The largest absolute Gasteiger partial charge is 0.497 e. The highest BCUT2D eigenvalue weighted by Gasteiger charge is 2.64. The molecule has 0 bridgehead atoms. The average Bonchev–Trinajstić information content (AvgIpc) is 1.59. The molecule has 2 saturated carbocycles. The number of carbonyl (C=O) groups excluding carboxylic acids is 1. The number of hydrogen-bond acceptors (Lipinski definition) is 16. The van der Waals surface area contributed by atoms with Crippen LogP contribution >= 0.6 is 55.1 Å². The van der Waals surface area contributed by atoms with Crippen LogP contribution in [0.5, 0.6) is 5.75 Å².